The Morgan fingerprint density at radius 2 is 2.05 bits per heavy atom. The van der Waals surface area contributed by atoms with E-state index >= 15 is 0 Å². The van der Waals surface area contributed by atoms with E-state index in [4.69, 9.17) is 0 Å². The van der Waals surface area contributed by atoms with Gasteiger partial charge in [-0.2, -0.15) is 0 Å². The van der Waals surface area contributed by atoms with Crippen LogP contribution in [0, 0.1) is 12.7 Å². The Balaban J connectivity index is 2.55. The van der Waals surface area contributed by atoms with Crippen LogP contribution in [-0.4, -0.2) is 17.0 Å². The number of aryl methyl sites for hydroxylation is 2. The normalized spacial score (nSPS) is 10.7. The molecule has 0 aliphatic carbocycles. The first-order valence-corrected chi connectivity index (χ1v) is 7.36. The lowest BCUT2D eigenvalue weighted by Gasteiger charge is -2.11. The van der Waals surface area contributed by atoms with Crippen molar-refractivity contribution in [3.8, 4) is 11.4 Å². The maximum absolute atomic E-state index is 13.7. The fourth-order valence-electron chi connectivity index (χ4n) is 1.92. The highest BCUT2D eigenvalue weighted by atomic mass is 79.9. The standard InChI is InChI=1S/C15H17BrFN3/c1-4-5-12-13(16)15(18-3)20-14(19-12)10-7-6-9(2)11(17)8-10/h6-8H,4-5H2,1-3H3,(H,18,19,20). The second-order valence-electron chi connectivity index (χ2n) is 4.62. The number of halogens is 2. The molecule has 1 aromatic carbocycles. The summed E-state index contributed by atoms with van der Waals surface area (Å²) in [6.07, 6.45) is 1.83. The van der Waals surface area contributed by atoms with Crippen LogP contribution in [0.5, 0.6) is 0 Å². The van der Waals surface area contributed by atoms with Crippen LogP contribution < -0.4 is 5.32 Å². The number of aromatic nitrogens is 2. The van der Waals surface area contributed by atoms with Crippen molar-refractivity contribution in [3.63, 3.8) is 0 Å². The molecular weight excluding hydrogens is 321 g/mol. The third-order valence-corrected chi connectivity index (χ3v) is 3.91. The lowest BCUT2D eigenvalue weighted by atomic mass is 10.1. The summed E-state index contributed by atoms with van der Waals surface area (Å²) in [5.41, 5.74) is 2.24. The molecule has 2 rings (SSSR count). The molecule has 0 atom stereocenters. The predicted octanol–water partition coefficient (Wildman–Crippen LogP) is 4.35. The van der Waals surface area contributed by atoms with Crippen LogP contribution in [-0.2, 0) is 6.42 Å². The van der Waals surface area contributed by atoms with Crippen LogP contribution in [0.2, 0.25) is 0 Å². The van der Waals surface area contributed by atoms with Crippen LogP contribution in [0.25, 0.3) is 11.4 Å². The molecule has 0 saturated carbocycles. The molecule has 1 heterocycles. The molecule has 0 aliphatic heterocycles. The quantitative estimate of drug-likeness (QED) is 0.901. The van der Waals surface area contributed by atoms with E-state index in [2.05, 4.69) is 38.1 Å². The molecule has 20 heavy (non-hydrogen) atoms. The zero-order chi connectivity index (χ0) is 14.7. The maximum Gasteiger partial charge on any atom is 0.161 e. The van der Waals surface area contributed by atoms with Gasteiger partial charge in [0.1, 0.15) is 11.6 Å². The highest BCUT2D eigenvalue weighted by molar-refractivity contribution is 9.10. The largest absolute Gasteiger partial charge is 0.372 e. The van der Waals surface area contributed by atoms with Crippen molar-refractivity contribution in [1.29, 1.82) is 0 Å². The molecule has 0 fully saturated rings. The molecule has 0 bridgehead atoms. The first kappa shape index (κ1) is 14.9. The van der Waals surface area contributed by atoms with E-state index in [-0.39, 0.29) is 5.82 Å². The van der Waals surface area contributed by atoms with Gasteiger partial charge in [-0.05, 0) is 40.9 Å². The molecule has 5 heteroatoms. The number of rotatable bonds is 4. The van der Waals surface area contributed by atoms with E-state index in [9.17, 15) is 4.39 Å². The van der Waals surface area contributed by atoms with Crippen molar-refractivity contribution >= 4 is 21.7 Å². The number of hydrogen-bond acceptors (Lipinski definition) is 3. The van der Waals surface area contributed by atoms with Gasteiger partial charge in [-0.15, -0.1) is 0 Å². The molecule has 0 aliphatic rings. The van der Waals surface area contributed by atoms with Gasteiger partial charge in [0.05, 0.1) is 10.2 Å². The molecule has 1 N–H and O–H groups in total. The Morgan fingerprint density at radius 1 is 1.30 bits per heavy atom. The van der Waals surface area contributed by atoms with Gasteiger partial charge in [0.15, 0.2) is 5.82 Å². The summed E-state index contributed by atoms with van der Waals surface area (Å²) in [7, 11) is 1.81. The molecule has 0 saturated heterocycles. The molecule has 2 aromatic rings. The molecular formula is C15H17BrFN3. The summed E-state index contributed by atoms with van der Waals surface area (Å²) >= 11 is 3.51. The molecule has 106 valence electrons. The third-order valence-electron chi connectivity index (χ3n) is 3.07. The molecule has 0 radical (unpaired) electrons. The fourth-order valence-corrected chi connectivity index (χ4v) is 2.50. The summed E-state index contributed by atoms with van der Waals surface area (Å²) in [5.74, 6) is 1.02. The molecule has 0 unspecified atom stereocenters. The van der Waals surface area contributed by atoms with E-state index in [0.29, 0.717) is 17.0 Å². The van der Waals surface area contributed by atoms with Gasteiger partial charge < -0.3 is 5.32 Å². The second-order valence-corrected chi connectivity index (χ2v) is 5.41. The first-order valence-electron chi connectivity index (χ1n) is 6.57. The predicted molar refractivity (Wildman–Crippen MR) is 83.4 cm³/mol. The number of anilines is 1. The third kappa shape index (κ3) is 2.98. The SMILES string of the molecule is CCCc1nc(-c2ccc(C)c(F)c2)nc(NC)c1Br. The molecule has 1 aromatic heterocycles. The van der Waals surface area contributed by atoms with E-state index in [1.54, 1.807) is 13.0 Å². The summed E-state index contributed by atoms with van der Waals surface area (Å²) < 4.78 is 14.6. The van der Waals surface area contributed by atoms with Crippen molar-refractivity contribution in [1.82, 2.24) is 9.97 Å². The highest BCUT2D eigenvalue weighted by Crippen LogP contribution is 2.28. The topological polar surface area (TPSA) is 37.8 Å². The van der Waals surface area contributed by atoms with Gasteiger partial charge in [-0.3, -0.25) is 0 Å². The summed E-state index contributed by atoms with van der Waals surface area (Å²) in [4.78, 5) is 8.99. The Hall–Kier alpha value is -1.49. The van der Waals surface area contributed by atoms with Crippen molar-refractivity contribution in [2.75, 3.05) is 12.4 Å². The van der Waals surface area contributed by atoms with Crippen LogP contribution in [0.3, 0.4) is 0 Å². The van der Waals surface area contributed by atoms with Gasteiger partial charge in [-0.1, -0.05) is 25.5 Å². The molecule has 0 spiro atoms. The Labute approximate surface area is 126 Å². The van der Waals surface area contributed by atoms with E-state index in [0.717, 1.165) is 28.8 Å². The Bertz CT molecular complexity index is 629. The zero-order valence-electron chi connectivity index (χ0n) is 11.8. The lowest BCUT2D eigenvalue weighted by Crippen LogP contribution is -2.03. The van der Waals surface area contributed by atoms with Gasteiger partial charge >= 0.3 is 0 Å². The average molecular weight is 338 g/mol. The van der Waals surface area contributed by atoms with E-state index in [1.165, 1.54) is 6.07 Å². The van der Waals surface area contributed by atoms with Gasteiger partial charge in [0.2, 0.25) is 0 Å². The number of nitrogens with one attached hydrogen (secondary N) is 1. The maximum atomic E-state index is 13.7. The van der Waals surface area contributed by atoms with Gasteiger partial charge in [0.25, 0.3) is 0 Å². The van der Waals surface area contributed by atoms with Crippen LogP contribution in [0.15, 0.2) is 22.7 Å². The first-order chi connectivity index (χ1) is 9.56. The zero-order valence-corrected chi connectivity index (χ0v) is 13.4. The van der Waals surface area contributed by atoms with E-state index < -0.39 is 0 Å². The van der Waals surface area contributed by atoms with Crippen LogP contribution in [0.1, 0.15) is 24.6 Å². The minimum Gasteiger partial charge on any atom is -0.372 e. The number of nitrogens with zero attached hydrogens (tertiary/aromatic N) is 2. The highest BCUT2D eigenvalue weighted by Gasteiger charge is 2.13. The minimum absolute atomic E-state index is 0.239. The molecule has 3 nitrogen and oxygen atoms in total. The summed E-state index contributed by atoms with van der Waals surface area (Å²) in [6, 6.07) is 5.07. The van der Waals surface area contributed by atoms with Crippen LogP contribution >= 0.6 is 15.9 Å². The fraction of sp³-hybridized carbons (Fsp3) is 0.333. The summed E-state index contributed by atoms with van der Waals surface area (Å²) in [6.45, 7) is 3.84. The van der Waals surface area contributed by atoms with Gasteiger partial charge in [-0.25, -0.2) is 14.4 Å². The Morgan fingerprint density at radius 3 is 2.65 bits per heavy atom. The number of benzene rings is 1. The van der Waals surface area contributed by atoms with E-state index in [1.807, 2.05) is 13.1 Å². The van der Waals surface area contributed by atoms with Crippen LogP contribution in [0.4, 0.5) is 10.2 Å². The van der Waals surface area contributed by atoms with Crippen molar-refractivity contribution in [2.45, 2.75) is 26.7 Å². The number of hydrogen-bond donors (Lipinski definition) is 1. The minimum atomic E-state index is -0.239. The van der Waals surface area contributed by atoms with Crippen molar-refractivity contribution < 1.29 is 4.39 Å². The summed E-state index contributed by atoms with van der Waals surface area (Å²) in [5, 5.41) is 3.04. The molecule has 0 amide bonds. The monoisotopic (exact) mass is 337 g/mol. The van der Waals surface area contributed by atoms with Crippen molar-refractivity contribution in [2.24, 2.45) is 0 Å². The lowest BCUT2D eigenvalue weighted by molar-refractivity contribution is 0.619. The van der Waals surface area contributed by atoms with Gasteiger partial charge in [0, 0.05) is 12.6 Å². The second kappa shape index (κ2) is 6.31. The average Bonchev–Trinajstić information content (AvgIpc) is 2.44. The Kier molecular flexibility index (Phi) is 4.70. The smallest absolute Gasteiger partial charge is 0.161 e. The van der Waals surface area contributed by atoms with Crippen molar-refractivity contribution in [3.05, 3.63) is 39.7 Å².